The van der Waals surface area contributed by atoms with E-state index in [0.717, 1.165) is 68.0 Å². The van der Waals surface area contributed by atoms with Crippen LogP contribution in [0.2, 0.25) is 0 Å². The number of furan rings is 1. The van der Waals surface area contributed by atoms with Crippen molar-refractivity contribution in [3.05, 3.63) is 157 Å². The highest BCUT2D eigenvalue weighted by Gasteiger charge is 2.30. The summed E-state index contributed by atoms with van der Waals surface area (Å²) in [6, 6.07) is 46.9. The smallest absolute Gasteiger partial charge is 0.165 e. The molecule has 0 N–H and O–H groups in total. The van der Waals surface area contributed by atoms with Gasteiger partial charge in [-0.3, -0.25) is 0 Å². The normalized spacial score (nSPS) is 13.4. The van der Waals surface area contributed by atoms with Gasteiger partial charge in [-0.2, -0.15) is 0 Å². The number of hydrogen-bond donors (Lipinski definition) is 0. The van der Waals surface area contributed by atoms with Gasteiger partial charge in [-0.05, 0) is 86.5 Å². The second-order valence-corrected chi connectivity index (χ2v) is 13.4. The van der Waals surface area contributed by atoms with Crippen LogP contribution in [-0.4, -0.2) is 15.0 Å². The Balaban J connectivity index is 1.26. The minimum Gasteiger partial charge on any atom is -0.456 e. The maximum absolute atomic E-state index is 6.61. The van der Waals surface area contributed by atoms with Gasteiger partial charge in [0.15, 0.2) is 17.5 Å². The van der Waals surface area contributed by atoms with Crippen LogP contribution in [0.5, 0.6) is 0 Å². The highest BCUT2D eigenvalue weighted by molar-refractivity contribution is 6.25. The summed E-state index contributed by atoms with van der Waals surface area (Å²) in [5.41, 5.74) is 11.6. The molecule has 2 heterocycles. The van der Waals surface area contributed by atoms with E-state index in [1.165, 1.54) is 38.4 Å². The summed E-state index contributed by atoms with van der Waals surface area (Å²) in [7, 11) is 0. The average molecular weight is 652 g/mol. The average Bonchev–Trinajstić information content (AvgIpc) is 3.73. The van der Waals surface area contributed by atoms with Gasteiger partial charge in [-0.1, -0.05) is 127 Å². The molecule has 0 amide bonds. The zero-order valence-corrected chi connectivity index (χ0v) is 27.6. The molecular weight excluding hydrogens is 623 g/mol. The molecule has 2 aliphatic carbocycles. The monoisotopic (exact) mass is 651 g/mol. The van der Waals surface area contributed by atoms with Crippen molar-refractivity contribution in [1.82, 2.24) is 15.0 Å². The summed E-state index contributed by atoms with van der Waals surface area (Å²) >= 11 is 0. The summed E-state index contributed by atoms with van der Waals surface area (Å²) < 4.78 is 6.61. The van der Waals surface area contributed by atoms with Gasteiger partial charge in [0, 0.05) is 33.0 Å². The molecule has 7 aromatic carbocycles. The molecule has 0 bridgehead atoms. The first-order valence-electron chi connectivity index (χ1n) is 17.5. The molecule has 0 radical (unpaired) electrons. The molecule has 0 saturated heterocycles. The van der Waals surface area contributed by atoms with E-state index in [4.69, 9.17) is 19.4 Å². The van der Waals surface area contributed by atoms with Crippen molar-refractivity contribution in [2.24, 2.45) is 0 Å². The number of aromatic nitrogens is 3. The highest BCUT2D eigenvalue weighted by Crippen LogP contribution is 2.54. The van der Waals surface area contributed by atoms with Crippen LogP contribution in [0.4, 0.5) is 0 Å². The van der Waals surface area contributed by atoms with Gasteiger partial charge in [-0.25, -0.2) is 15.0 Å². The first-order chi connectivity index (χ1) is 25.3. The number of allylic oxidation sites excluding steroid dienone is 4. The van der Waals surface area contributed by atoms with E-state index in [1.807, 2.05) is 30.3 Å². The van der Waals surface area contributed by atoms with E-state index in [1.54, 1.807) is 0 Å². The van der Waals surface area contributed by atoms with Gasteiger partial charge >= 0.3 is 0 Å². The lowest BCUT2D eigenvalue weighted by Crippen LogP contribution is -2.02. The van der Waals surface area contributed by atoms with Gasteiger partial charge in [0.25, 0.3) is 0 Å². The molecule has 0 aliphatic heterocycles. The van der Waals surface area contributed by atoms with Gasteiger partial charge in [-0.15, -0.1) is 0 Å². The van der Waals surface area contributed by atoms with Gasteiger partial charge in [0.05, 0.1) is 0 Å². The number of nitrogens with zero attached hydrogens (tertiary/aromatic N) is 3. The summed E-state index contributed by atoms with van der Waals surface area (Å²) in [6.45, 7) is 0. The summed E-state index contributed by atoms with van der Waals surface area (Å²) in [5.74, 6) is 1.90. The van der Waals surface area contributed by atoms with Crippen LogP contribution in [0, 0.1) is 0 Å². The van der Waals surface area contributed by atoms with Crippen molar-refractivity contribution in [3.63, 3.8) is 0 Å². The van der Waals surface area contributed by atoms with E-state index in [0.29, 0.717) is 17.5 Å². The molecule has 0 spiro atoms. The maximum Gasteiger partial charge on any atom is 0.165 e. The topological polar surface area (TPSA) is 51.8 Å². The molecule has 0 saturated carbocycles. The lowest BCUT2D eigenvalue weighted by atomic mass is 9.92. The predicted octanol–water partition coefficient (Wildman–Crippen LogP) is 12.5. The molecule has 0 fully saturated rings. The van der Waals surface area contributed by atoms with Crippen LogP contribution in [-0.2, 0) is 0 Å². The van der Waals surface area contributed by atoms with Crippen molar-refractivity contribution in [2.45, 2.75) is 12.8 Å². The third kappa shape index (κ3) is 4.30. The molecule has 2 aliphatic rings. The Morgan fingerprint density at radius 2 is 1.18 bits per heavy atom. The fourth-order valence-electron chi connectivity index (χ4n) is 8.20. The molecule has 11 rings (SSSR count). The van der Waals surface area contributed by atoms with Crippen LogP contribution in [0.3, 0.4) is 0 Å². The number of fused-ring (bicyclic) bond motifs is 7. The Morgan fingerprint density at radius 3 is 2.02 bits per heavy atom. The molecule has 51 heavy (non-hydrogen) atoms. The standard InChI is InChI=1S/C47H29N3O/c1-3-13-28(14-4-1)37-26-32(25-31-17-7-8-20-33(31)37)46-48-45(30-15-5-2-6-16-30)49-47(50-46)44-42-36-23-12-19-29-18-11-22-34(41(29)36)38(42)27-40-43(44)35-21-9-10-24-39(35)51-40/h2-3,5-27H,1,4H2. The molecule has 4 heteroatoms. The minimum atomic E-state index is 0.628. The fourth-order valence-corrected chi connectivity index (χ4v) is 8.20. The van der Waals surface area contributed by atoms with E-state index < -0.39 is 0 Å². The first kappa shape index (κ1) is 28.2. The Labute approximate surface area is 294 Å². The lowest BCUT2D eigenvalue weighted by molar-refractivity contribution is 0.669. The van der Waals surface area contributed by atoms with Crippen molar-refractivity contribution < 1.29 is 4.42 Å². The molecule has 0 unspecified atom stereocenters. The quantitative estimate of drug-likeness (QED) is 0.190. The van der Waals surface area contributed by atoms with Crippen LogP contribution < -0.4 is 0 Å². The van der Waals surface area contributed by atoms with Crippen molar-refractivity contribution in [3.8, 4) is 56.4 Å². The number of hydrogen-bond acceptors (Lipinski definition) is 4. The van der Waals surface area contributed by atoms with E-state index in [9.17, 15) is 0 Å². The van der Waals surface area contributed by atoms with Crippen LogP contribution in [0.1, 0.15) is 18.4 Å². The molecule has 0 atom stereocenters. The first-order valence-corrected chi connectivity index (χ1v) is 17.5. The van der Waals surface area contributed by atoms with Crippen LogP contribution >= 0.6 is 0 Å². The summed E-state index contributed by atoms with van der Waals surface area (Å²) in [6.07, 6.45) is 8.94. The van der Waals surface area contributed by atoms with Crippen molar-refractivity contribution in [2.75, 3.05) is 0 Å². The lowest BCUT2D eigenvalue weighted by Gasteiger charge is -2.16. The number of rotatable bonds is 4. The van der Waals surface area contributed by atoms with Gasteiger partial charge in [0.2, 0.25) is 0 Å². The summed E-state index contributed by atoms with van der Waals surface area (Å²) in [5, 5.41) is 6.89. The highest BCUT2D eigenvalue weighted by atomic mass is 16.3. The van der Waals surface area contributed by atoms with E-state index in [-0.39, 0.29) is 0 Å². The summed E-state index contributed by atoms with van der Waals surface area (Å²) in [4.78, 5) is 16.0. The zero-order valence-electron chi connectivity index (χ0n) is 27.6. The fraction of sp³-hybridized carbons (Fsp3) is 0.0426. The SMILES string of the molecule is C1=CC(c2cc(-c3nc(-c4ccccc4)nc(-c4c5c(cc6oc7ccccc7c46)-c4cccc6cccc-5c46)n3)cc3ccccc23)=CCC1. The molecular formula is C47H29N3O. The van der Waals surface area contributed by atoms with Crippen molar-refractivity contribution in [1.29, 1.82) is 0 Å². The maximum atomic E-state index is 6.61. The Hall–Kier alpha value is -6.65. The molecule has 4 nitrogen and oxygen atoms in total. The third-order valence-corrected chi connectivity index (χ3v) is 10.4. The Morgan fingerprint density at radius 1 is 0.451 bits per heavy atom. The van der Waals surface area contributed by atoms with Gasteiger partial charge in [0.1, 0.15) is 11.2 Å². The zero-order chi connectivity index (χ0) is 33.5. The predicted molar refractivity (Wildman–Crippen MR) is 209 cm³/mol. The number of para-hydroxylation sites is 1. The number of benzene rings is 7. The second kappa shape index (κ2) is 10.9. The van der Waals surface area contributed by atoms with Crippen molar-refractivity contribution >= 4 is 49.1 Å². The van der Waals surface area contributed by atoms with E-state index >= 15 is 0 Å². The van der Waals surface area contributed by atoms with Crippen LogP contribution in [0.25, 0.3) is 105 Å². The second-order valence-electron chi connectivity index (χ2n) is 13.4. The molecule has 2 aromatic heterocycles. The van der Waals surface area contributed by atoms with Gasteiger partial charge < -0.3 is 4.42 Å². The Kier molecular flexibility index (Phi) is 6.05. The van der Waals surface area contributed by atoms with E-state index in [2.05, 4.69) is 121 Å². The van der Waals surface area contributed by atoms with Crippen LogP contribution in [0.15, 0.2) is 156 Å². The Bertz CT molecular complexity index is 2960. The molecule has 238 valence electrons. The largest absolute Gasteiger partial charge is 0.456 e. The minimum absolute atomic E-state index is 0.628. The molecule has 9 aromatic rings. The third-order valence-electron chi connectivity index (χ3n) is 10.4.